The van der Waals surface area contributed by atoms with Crippen molar-refractivity contribution in [3.63, 3.8) is 0 Å². The van der Waals surface area contributed by atoms with Gasteiger partial charge < -0.3 is 15.0 Å². The number of hydrogen-bond acceptors (Lipinski definition) is 4. The average Bonchev–Trinajstić information content (AvgIpc) is 2.94. The minimum atomic E-state index is -0.871. The molecule has 0 radical (unpaired) electrons. The number of nitrogens with one attached hydrogen (secondary N) is 2. The normalized spacial score (nSPS) is 27.0. The van der Waals surface area contributed by atoms with E-state index in [0.29, 0.717) is 12.8 Å². The monoisotopic (exact) mass is 293 g/mol. The van der Waals surface area contributed by atoms with E-state index < -0.39 is 23.1 Å². The van der Waals surface area contributed by atoms with Crippen LogP contribution in [0.25, 0.3) is 0 Å². The van der Waals surface area contributed by atoms with Crippen LogP contribution in [0, 0.1) is 5.92 Å². The number of carboxylic acid groups (broad SMARTS) is 1. The van der Waals surface area contributed by atoms with Crippen molar-refractivity contribution in [2.75, 3.05) is 0 Å². The molecule has 21 heavy (non-hydrogen) atoms. The van der Waals surface area contributed by atoms with Gasteiger partial charge in [0.05, 0.1) is 12.3 Å². The summed E-state index contributed by atoms with van der Waals surface area (Å²) < 4.78 is 0. The fourth-order valence-electron chi connectivity index (χ4n) is 3.51. The Hall–Kier alpha value is -2.38. The standard InChI is InChI=1S/C13H15N3O5/c17-10-3-6(14-13(21)15-10)4-11(18)16-7-1-2-9(16)8(5-7)12(19)20/h3,7-9H,1-2,4-5H2,(H,19,20)(H2,14,15,17,21). The van der Waals surface area contributed by atoms with Gasteiger partial charge in [-0.15, -0.1) is 0 Å². The Labute approximate surface area is 118 Å². The second kappa shape index (κ2) is 4.87. The third-order valence-electron chi connectivity index (χ3n) is 4.30. The molecule has 2 bridgehead atoms. The van der Waals surface area contributed by atoms with Crippen LogP contribution in [0.3, 0.4) is 0 Å². The number of H-pyrrole nitrogens is 2. The first-order chi connectivity index (χ1) is 9.95. The molecule has 2 aliphatic rings. The molecule has 3 atom stereocenters. The van der Waals surface area contributed by atoms with Crippen molar-refractivity contribution in [3.05, 3.63) is 32.6 Å². The Morgan fingerprint density at radius 1 is 1.29 bits per heavy atom. The topological polar surface area (TPSA) is 123 Å². The Morgan fingerprint density at radius 2 is 2.05 bits per heavy atom. The van der Waals surface area contributed by atoms with Gasteiger partial charge in [0.25, 0.3) is 5.56 Å². The molecule has 1 aromatic heterocycles. The first kappa shape index (κ1) is 13.6. The van der Waals surface area contributed by atoms with Crippen LogP contribution in [0.5, 0.6) is 0 Å². The number of aromatic nitrogens is 2. The average molecular weight is 293 g/mol. The molecule has 8 nitrogen and oxygen atoms in total. The maximum atomic E-state index is 12.4. The lowest BCUT2D eigenvalue weighted by molar-refractivity contribution is -0.143. The van der Waals surface area contributed by atoms with Crippen molar-refractivity contribution in [3.8, 4) is 0 Å². The molecule has 3 heterocycles. The second-order valence-electron chi connectivity index (χ2n) is 5.57. The maximum Gasteiger partial charge on any atom is 0.325 e. The van der Waals surface area contributed by atoms with E-state index in [4.69, 9.17) is 5.11 Å². The van der Waals surface area contributed by atoms with Crippen LogP contribution < -0.4 is 11.2 Å². The minimum Gasteiger partial charge on any atom is -0.481 e. The molecular weight excluding hydrogens is 278 g/mol. The van der Waals surface area contributed by atoms with Gasteiger partial charge in [0, 0.05) is 23.8 Å². The number of aliphatic carboxylic acids is 1. The summed E-state index contributed by atoms with van der Waals surface area (Å²) >= 11 is 0. The summed E-state index contributed by atoms with van der Waals surface area (Å²) in [7, 11) is 0. The van der Waals surface area contributed by atoms with Crippen LogP contribution >= 0.6 is 0 Å². The van der Waals surface area contributed by atoms with Crippen LogP contribution in [-0.4, -0.2) is 43.9 Å². The van der Waals surface area contributed by atoms with Gasteiger partial charge in [-0.2, -0.15) is 0 Å². The predicted octanol–water partition coefficient (Wildman–Crippen LogP) is -0.930. The van der Waals surface area contributed by atoms with Crippen molar-refractivity contribution in [1.29, 1.82) is 0 Å². The van der Waals surface area contributed by atoms with Crippen LogP contribution in [0.15, 0.2) is 15.7 Å². The number of rotatable bonds is 3. The molecule has 0 spiro atoms. The van der Waals surface area contributed by atoms with E-state index in [9.17, 15) is 19.2 Å². The second-order valence-corrected chi connectivity index (χ2v) is 5.57. The number of nitrogens with zero attached hydrogens (tertiary/aromatic N) is 1. The molecule has 0 aromatic carbocycles. The first-order valence-corrected chi connectivity index (χ1v) is 6.82. The van der Waals surface area contributed by atoms with E-state index in [1.165, 1.54) is 6.07 Å². The van der Waals surface area contributed by atoms with Gasteiger partial charge >= 0.3 is 11.7 Å². The summed E-state index contributed by atoms with van der Waals surface area (Å²) in [6.45, 7) is 0. The first-order valence-electron chi connectivity index (χ1n) is 6.82. The molecule has 8 heteroatoms. The summed E-state index contributed by atoms with van der Waals surface area (Å²) in [5.74, 6) is -1.62. The lowest BCUT2D eigenvalue weighted by Crippen LogP contribution is -2.39. The van der Waals surface area contributed by atoms with Gasteiger partial charge in [-0.25, -0.2) is 4.79 Å². The predicted molar refractivity (Wildman–Crippen MR) is 70.8 cm³/mol. The van der Waals surface area contributed by atoms with Crippen LogP contribution in [0.2, 0.25) is 0 Å². The fourth-order valence-corrected chi connectivity index (χ4v) is 3.51. The molecule has 1 aromatic rings. The third-order valence-corrected chi connectivity index (χ3v) is 4.30. The zero-order valence-corrected chi connectivity index (χ0v) is 11.2. The van der Waals surface area contributed by atoms with Gasteiger partial charge in [-0.3, -0.25) is 19.4 Å². The SMILES string of the molecule is O=C(O)C1CC2CCC1N2C(=O)Cc1cc(=O)[nH]c(=O)[nH]1. The quantitative estimate of drug-likeness (QED) is 0.664. The molecule has 0 saturated carbocycles. The van der Waals surface area contributed by atoms with E-state index in [0.717, 1.165) is 6.42 Å². The number of fused-ring (bicyclic) bond motifs is 2. The van der Waals surface area contributed by atoms with Crippen LogP contribution in [0.1, 0.15) is 25.0 Å². The summed E-state index contributed by atoms with van der Waals surface area (Å²) in [4.78, 5) is 52.0. The lowest BCUT2D eigenvalue weighted by Gasteiger charge is -2.23. The molecule has 1 amide bonds. The number of carbonyl (C=O) groups excluding carboxylic acids is 1. The molecule has 0 aliphatic carbocycles. The van der Waals surface area contributed by atoms with Gasteiger partial charge in [0.1, 0.15) is 0 Å². The third kappa shape index (κ3) is 2.37. The van der Waals surface area contributed by atoms with Crippen molar-refractivity contribution in [1.82, 2.24) is 14.9 Å². The molecule has 3 unspecified atom stereocenters. The summed E-state index contributed by atoms with van der Waals surface area (Å²) in [5, 5.41) is 9.17. The van der Waals surface area contributed by atoms with Gasteiger partial charge in [0.15, 0.2) is 0 Å². The number of aromatic amines is 2. The fraction of sp³-hybridized carbons (Fsp3) is 0.538. The Kier molecular flexibility index (Phi) is 3.15. The Bertz CT molecular complexity index is 678. The number of hydrogen-bond donors (Lipinski definition) is 3. The summed E-state index contributed by atoms with van der Waals surface area (Å²) in [6, 6.07) is 0.859. The van der Waals surface area contributed by atoms with Gasteiger partial charge in [0.2, 0.25) is 5.91 Å². The lowest BCUT2D eigenvalue weighted by atomic mass is 9.89. The van der Waals surface area contributed by atoms with Crippen molar-refractivity contribution in [2.24, 2.45) is 5.92 Å². The molecule has 3 N–H and O–H groups in total. The van der Waals surface area contributed by atoms with E-state index in [2.05, 4.69) is 4.98 Å². The van der Waals surface area contributed by atoms with Crippen molar-refractivity contribution >= 4 is 11.9 Å². The van der Waals surface area contributed by atoms with E-state index in [-0.39, 0.29) is 30.1 Å². The summed E-state index contributed by atoms with van der Waals surface area (Å²) in [6.07, 6.45) is 1.89. The Balaban J connectivity index is 1.79. The summed E-state index contributed by atoms with van der Waals surface area (Å²) in [5.41, 5.74) is -0.973. The van der Waals surface area contributed by atoms with E-state index in [1.54, 1.807) is 4.90 Å². The van der Waals surface area contributed by atoms with Crippen LogP contribution in [-0.2, 0) is 16.0 Å². The highest BCUT2D eigenvalue weighted by Crippen LogP contribution is 2.41. The van der Waals surface area contributed by atoms with Gasteiger partial charge in [-0.05, 0) is 19.3 Å². The highest BCUT2D eigenvalue weighted by molar-refractivity contribution is 5.82. The highest BCUT2D eigenvalue weighted by atomic mass is 16.4. The molecule has 2 fully saturated rings. The zero-order chi connectivity index (χ0) is 15.1. The Morgan fingerprint density at radius 3 is 2.67 bits per heavy atom. The zero-order valence-electron chi connectivity index (χ0n) is 11.2. The molecule has 2 aliphatic heterocycles. The van der Waals surface area contributed by atoms with Crippen LogP contribution in [0.4, 0.5) is 0 Å². The number of carbonyl (C=O) groups is 2. The molecular formula is C13H15N3O5. The number of carboxylic acids is 1. The highest BCUT2D eigenvalue weighted by Gasteiger charge is 2.51. The van der Waals surface area contributed by atoms with Crippen molar-refractivity contribution in [2.45, 2.75) is 37.8 Å². The van der Waals surface area contributed by atoms with Gasteiger partial charge in [-0.1, -0.05) is 0 Å². The largest absolute Gasteiger partial charge is 0.481 e. The number of amides is 1. The van der Waals surface area contributed by atoms with E-state index >= 15 is 0 Å². The maximum absolute atomic E-state index is 12.4. The molecule has 112 valence electrons. The minimum absolute atomic E-state index is 0.0441. The molecule has 2 saturated heterocycles. The van der Waals surface area contributed by atoms with Crippen molar-refractivity contribution < 1.29 is 14.7 Å². The smallest absolute Gasteiger partial charge is 0.325 e. The van der Waals surface area contributed by atoms with E-state index in [1.807, 2.05) is 4.98 Å². The molecule has 3 rings (SSSR count).